The largest absolute Gasteiger partial charge is 0.0814 e. The Hall–Kier alpha value is -4.94. The predicted molar refractivity (Wildman–Crippen MR) is 207 cm³/mol. The maximum atomic E-state index is 2.48. The summed E-state index contributed by atoms with van der Waals surface area (Å²) in [5.74, 6) is 0.482. The molecule has 2 atom stereocenters. The van der Waals surface area contributed by atoms with Crippen molar-refractivity contribution in [2.24, 2.45) is 5.92 Å². The second-order valence-electron chi connectivity index (χ2n) is 13.5. The highest BCUT2D eigenvalue weighted by Gasteiger charge is 2.48. The first-order valence-electron chi connectivity index (χ1n) is 17.9. The van der Waals surface area contributed by atoms with Gasteiger partial charge in [-0.3, -0.25) is 0 Å². The summed E-state index contributed by atoms with van der Waals surface area (Å²) >= 11 is 0. The van der Waals surface area contributed by atoms with E-state index in [9.17, 15) is 0 Å². The van der Waals surface area contributed by atoms with Crippen molar-refractivity contribution in [2.75, 3.05) is 0 Å². The third kappa shape index (κ3) is 5.75. The number of hydrogen-bond acceptors (Lipinski definition) is 0. The Balaban J connectivity index is 0.000000559. The molecule has 0 heteroatoms. The molecule has 0 spiro atoms. The first-order chi connectivity index (χ1) is 23.6. The van der Waals surface area contributed by atoms with Crippen LogP contribution in [-0.2, 0) is 5.41 Å². The monoisotopic (exact) mass is 622 g/mol. The van der Waals surface area contributed by atoms with Crippen LogP contribution in [0.1, 0.15) is 69.6 Å². The Bertz CT molecular complexity index is 2060. The van der Waals surface area contributed by atoms with Crippen LogP contribution in [0.5, 0.6) is 0 Å². The number of rotatable bonds is 7. The molecule has 0 aliphatic heterocycles. The molecule has 0 N–H and O–H groups in total. The number of allylic oxidation sites excluding steroid dienone is 4. The molecular weight excluding hydrogens is 577 g/mol. The highest BCUT2D eigenvalue weighted by atomic mass is 14.5. The summed E-state index contributed by atoms with van der Waals surface area (Å²) in [5.41, 5.74) is 12.9. The van der Waals surface area contributed by atoms with Crippen molar-refractivity contribution in [1.82, 2.24) is 0 Å². The Morgan fingerprint density at radius 3 is 1.79 bits per heavy atom. The van der Waals surface area contributed by atoms with E-state index in [-0.39, 0.29) is 5.41 Å². The Morgan fingerprint density at radius 2 is 1.17 bits per heavy atom. The molecule has 0 saturated heterocycles. The maximum absolute atomic E-state index is 2.48. The lowest BCUT2D eigenvalue weighted by molar-refractivity contribution is 0.618. The van der Waals surface area contributed by atoms with E-state index in [1.807, 2.05) is 0 Å². The summed E-state index contributed by atoms with van der Waals surface area (Å²) in [6, 6.07) is 51.7. The molecule has 238 valence electrons. The van der Waals surface area contributed by atoms with Crippen LogP contribution in [0, 0.1) is 5.92 Å². The normalized spacial score (nSPS) is 17.6. The van der Waals surface area contributed by atoms with Gasteiger partial charge in [-0.1, -0.05) is 198 Å². The molecule has 48 heavy (non-hydrogen) atoms. The molecule has 0 amide bonds. The number of benzene rings is 6. The van der Waals surface area contributed by atoms with E-state index < -0.39 is 0 Å². The molecule has 0 nitrogen and oxygen atoms in total. The molecule has 0 saturated carbocycles. The Morgan fingerprint density at radius 1 is 0.583 bits per heavy atom. The van der Waals surface area contributed by atoms with Gasteiger partial charge >= 0.3 is 0 Å². The van der Waals surface area contributed by atoms with Crippen molar-refractivity contribution < 1.29 is 0 Å². The van der Waals surface area contributed by atoms with Crippen molar-refractivity contribution >= 4 is 10.8 Å². The van der Waals surface area contributed by atoms with Gasteiger partial charge in [-0.25, -0.2) is 0 Å². The topological polar surface area (TPSA) is 0 Å². The van der Waals surface area contributed by atoms with E-state index in [1.165, 1.54) is 92.1 Å². The van der Waals surface area contributed by atoms with E-state index in [1.54, 1.807) is 0 Å². The van der Waals surface area contributed by atoms with E-state index in [0.29, 0.717) is 5.92 Å². The van der Waals surface area contributed by atoms with Gasteiger partial charge in [0, 0.05) is 0 Å². The number of fused-ring (bicyclic) bond motifs is 5. The summed E-state index contributed by atoms with van der Waals surface area (Å²) in [5, 5.41) is 2.61. The lowest BCUT2D eigenvalue weighted by Gasteiger charge is -2.38. The Kier molecular flexibility index (Phi) is 9.26. The lowest BCUT2D eigenvalue weighted by Crippen LogP contribution is -2.31. The fraction of sp³-hybridized carbons (Fsp3) is 0.208. The molecule has 2 aliphatic carbocycles. The molecule has 0 aromatic heterocycles. The van der Waals surface area contributed by atoms with Crippen LogP contribution in [0.4, 0.5) is 0 Å². The van der Waals surface area contributed by atoms with Crippen LogP contribution in [-0.4, -0.2) is 0 Å². The Labute approximate surface area is 287 Å². The SMILES string of the molecule is CC1C=CC=C(C2(c3ccccc3)c3cc(-c4ccccc4)ccc3-c3ccc4cc(-c5ccccc5)ccc4c32)C1.CCCCCC. The maximum Gasteiger partial charge on any atom is 0.0683 e. The molecule has 0 heterocycles. The summed E-state index contributed by atoms with van der Waals surface area (Å²) in [6.45, 7) is 6.81. The van der Waals surface area contributed by atoms with Crippen molar-refractivity contribution in [1.29, 1.82) is 0 Å². The van der Waals surface area contributed by atoms with Crippen molar-refractivity contribution in [3.63, 3.8) is 0 Å². The minimum absolute atomic E-state index is 0.385. The fourth-order valence-corrected chi connectivity index (χ4v) is 7.93. The van der Waals surface area contributed by atoms with Gasteiger partial charge in [0.15, 0.2) is 0 Å². The summed E-state index contributed by atoms with van der Waals surface area (Å²) in [6.07, 6.45) is 13.6. The molecule has 0 bridgehead atoms. The minimum atomic E-state index is -0.385. The van der Waals surface area contributed by atoms with Crippen molar-refractivity contribution in [2.45, 2.75) is 58.3 Å². The smallest absolute Gasteiger partial charge is 0.0683 e. The third-order valence-corrected chi connectivity index (χ3v) is 10.2. The van der Waals surface area contributed by atoms with Crippen LogP contribution >= 0.6 is 0 Å². The number of unbranched alkanes of at least 4 members (excludes halogenated alkanes) is 3. The number of hydrogen-bond donors (Lipinski definition) is 0. The summed E-state index contributed by atoms with van der Waals surface area (Å²) in [7, 11) is 0. The van der Waals surface area contributed by atoms with E-state index in [2.05, 4.69) is 179 Å². The second-order valence-corrected chi connectivity index (χ2v) is 13.5. The predicted octanol–water partition coefficient (Wildman–Crippen LogP) is 13.6. The highest BCUT2D eigenvalue weighted by molar-refractivity contribution is 6.02. The van der Waals surface area contributed by atoms with Gasteiger partial charge in [-0.15, -0.1) is 0 Å². The molecule has 2 aliphatic rings. The lowest BCUT2D eigenvalue weighted by atomic mass is 9.63. The quantitative estimate of drug-likeness (QED) is 0.155. The van der Waals surface area contributed by atoms with E-state index >= 15 is 0 Å². The van der Waals surface area contributed by atoms with Crippen LogP contribution in [0.15, 0.2) is 163 Å². The molecule has 6 aromatic carbocycles. The van der Waals surface area contributed by atoms with Gasteiger partial charge in [0.25, 0.3) is 0 Å². The third-order valence-electron chi connectivity index (χ3n) is 10.2. The average Bonchev–Trinajstić information content (AvgIpc) is 3.46. The standard InChI is InChI=1S/C42H32.C6H14/c1-29-12-11-19-36(26-29)42(35-17-9-4-10-18-35)40-28-33(31-15-7-3-8-16-31)21-24-38(40)39-25-22-34-27-32(20-23-37(34)41(39)42)30-13-5-2-6-14-30;1-3-5-6-4-2/h2-25,27-29H,26H2,1H3;3-6H2,1-2H3. The van der Waals surface area contributed by atoms with Crippen molar-refractivity contribution in [3.05, 3.63) is 180 Å². The first-order valence-corrected chi connectivity index (χ1v) is 17.9. The van der Waals surface area contributed by atoms with Gasteiger partial charge < -0.3 is 0 Å². The van der Waals surface area contributed by atoms with Gasteiger partial charge in [0.1, 0.15) is 0 Å². The fourth-order valence-electron chi connectivity index (χ4n) is 7.93. The molecule has 6 aromatic rings. The average molecular weight is 623 g/mol. The van der Waals surface area contributed by atoms with Crippen LogP contribution in [0.3, 0.4) is 0 Å². The van der Waals surface area contributed by atoms with Crippen LogP contribution in [0.2, 0.25) is 0 Å². The summed E-state index contributed by atoms with van der Waals surface area (Å²) < 4.78 is 0. The zero-order chi connectivity index (χ0) is 32.9. The van der Waals surface area contributed by atoms with E-state index in [4.69, 9.17) is 0 Å². The van der Waals surface area contributed by atoms with Crippen LogP contribution < -0.4 is 0 Å². The zero-order valence-corrected chi connectivity index (χ0v) is 28.6. The second kappa shape index (κ2) is 14.0. The molecule has 0 radical (unpaired) electrons. The molecule has 2 unspecified atom stereocenters. The highest BCUT2D eigenvalue weighted by Crippen LogP contribution is 2.60. The first kappa shape index (κ1) is 31.6. The van der Waals surface area contributed by atoms with Gasteiger partial charge in [-0.2, -0.15) is 0 Å². The van der Waals surface area contributed by atoms with Gasteiger partial charge in [-0.05, 0) is 85.3 Å². The van der Waals surface area contributed by atoms with Gasteiger partial charge in [0.05, 0.1) is 5.41 Å². The molecule has 8 rings (SSSR count). The zero-order valence-electron chi connectivity index (χ0n) is 28.6. The van der Waals surface area contributed by atoms with Crippen molar-refractivity contribution in [3.8, 4) is 33.4 Å². The molecule has 0 fully saturated rings. The molecular formula is C48H46. The summed E-state index contributed by atoms with van der Waals surface area (Å²) in [4.78, 5) is 0. The van der Waals surface area contributed by atoms with Gasteiger partial charge in [0.2, 0.25) is 0 Å². The minimum Gasteiger partial charge on any atom is -0.0814 e. The van der Waals surface area contributed by atoms with E-state index in [0.717, 1.165) is 6.42 Å². The van der Waals surface area contributed by atoms with Crippen LogP contribution in [0.25, 0.3) is 44.2 Å².